The van der Waals surface area contributed by atoms with Crippen molar-refractivity contribution in [3.63, 3.8) is 0 Å². The highest BCUT2D eigenvalue weighted by atomic mass is 16.5. The standard InChI is InChI=1S/C13H24O2/c1-3-5-6-7-8-9-13(4-2)10-11-15-12-14/h3,12-13H,1,4-11H2,2H3. The Morgan fingerprint density at radius 3 is 2.67 bits per heavy atom. The molecule has 0 aromatic heterocycles. The Labute approximate surface area is 93.7 Å². The minimum Gasteiger partial charge on any atom is -0.468 e. The monoisotopic (exact) mass is 212 g/mol. The summed E-state index contributed by atoms with van der Waals surface area (Å²) in [4.78, 5) is 9.98. The largest absolute Gasteiger partial charge is 0.468 e. The number of ether oxygens (including phenoxy) is 1. The molecule has 0 aliphatic heterocycles. The summed E-state index contributed by atoms with van der Waals surface area (Å²) in [6.45, 7) is 7.03. The number of rotatable bonds is 11. The molecular formula is C13H24O2. The number of hydrogen-bond donors (Lipinski definition) is 0. The average molecular weight is 212 g/mol. The van der Waals surface area contributed by atoms with E-state index in [1.54, 1.807) is 0 Å². The predicted octanol–water partition coefficient (Wildman–Crippen LogP) is 3.71. The molecule has 2 heteroatoms. The third kappa shape index (κ3) is 9.51. The lowest BCUT2D eigenvalue weighted by Gasteiger charge is -2.13. The highest BCUT2D eigenvalue weighted by molar-refractivity contribution is 5.36. The average Bonchev–Trinajstić information content (AvgIpc) is 2.26. The molecule has 1 unspecified atom stereocenters. The molecule has 0 aliphatic rings. The summed E-state index contributed by atoms with van der Waals surface area (Å²) >= 11 is 0. The Morgan fingerprint density at radius 1 is 1.27 bits per heavy atom. The number of carbonyl (C=O) groups excluding carboxylic acids is 1. The van der Waals surface area contributed by atoms with Crippen LogP contribution in [-0.2, 0) is 9.53 Å². The van der Waals surface area contributed by atoms with E-state index in [1.165, 1.54) is 32.1 Å². The summed E-state index contributed by atoms with van der Waals surface area (Å²) < 4.78 is 4.72. The maximum Gasteiger partial charge on any atom is 0.293 e. The molecule has 0 saturated carbocycles. The van der Waals surface area contributed by atoms with E-state index < -0.39 is 0 Å². The van der Waals surface area contributed by atoms with Gasteiger partial charge in [-0.3, -0.25) is 4.79 Å². The van der Waals surface area contributed by atoms with Gasteiger partial charge >= 0.3 is 0 Å². The van der Waals surface area contributed by atoms with Crippen LogP contribution < -0.4 is 0 Å². The topological polar surface area (TPSA) is 26.3 Å². The van der Waals surface area contributed by atoms with Crippen LogP contribution in [0.25, 0.3) is 0 Å². The van der Waals surface area contributed by atoms with E-state index in [4.69, 9.17) is 4.74 Å². The van der Waals surface area contributed by atoms with Gasteiger partial charge in [-0.1, -0.05) is 38.7 Å². The van der Waals surface area contributed by atoms with Gasteiger partial charge in [0.1, 0.15) is 0 Å². The molecule has 0 N–H and O–H groups in total. The van der Waals surface area contributed by atoms with Crippen molar-refractivity contribution in [3.05, 3.63) is 12.7 Å². The van der Waals surface area contributed by atoms with Crippen molar-refractivity contribution in [2.24, 2.45) is 5.92 Å². The van der Waals surface area contributed by atoms with Gasteiger partial charge in [0.25, 0.3) is 6.47 Å². The van der Waals surface area contributed by atoms with Gasteiger partial charge < -0.3 is 4.74 Å². The fraction of sp³-hybridized carbons (Fsp3) is 0.769. The highest BCUT2D eigenvalue weighted by Crippen LogP contribution is 2.17. The molecule has 15 heavy (non-hydrogen) atoms. The second kappa shape index (κ2) is 11.3. The van der Waals surface area contributed by atoms with Crippen LogP contribution >= 0.6 is 0 Å². The zero-order chi connectivity index (χ0) is 11.4. The van der Waals surface area contributed by atoms with Crippen LogP contribution in [0, 0.1) is 5.92 Å². The second-order valence-electron chi connectivity index (χ2n) is 3.96. The van der Waals surface area contributed by atoms with E-state index in [0.29, 0.717) is 19.0 Å². The summed E-state index contributed by atoms with van der Waals surface area (Å²) in [7, 11) is 0. The quantitative estimate of drug-likeness (QED) is 0.296. The maximum atomic E-state index is 9.98. The first-order valence-corrected chi connectivity index (χ1v) is 6.01. The van der Waals surface area contributed by atoms with Crippen molar-refractivity contribution in [2.75, 3.05) is 6.61 Å². The van der Waals surface area contributed by atoms with Crippen LogP contribution in [0.15, 0.2) is 12.7 Å². The van der Waals surface area contributed by atoms with Gasteiger partial charge in [-0.25, -0.2) is 0 Å². The molecule has 0 rings (SSSR count). The highest BCUT2D eigenvalue weighted by Gasteiger charge is 2.05. The summed E-state index contributed by atoms with van der Waals surface area (Å²) in [6.07, 6.45) is 10.4. The molecule has 0 aromatic carbocycles. The summed E-state index contributed by atoms with van der Waals surface area (Å²) in [6, 6.07) is 0. The van der Waals surface area contributed by atoms with Crippen LogP contribution in [0.5, 0.6) is 0 Å². The Morgan fingerprint density at radius 2 is 2.07 bits per heavy atom. The van der Waals surface area contributed by atoms with E-state index in [0.717, 1.165) is 12.8 Å². The lowest BCUT2D eigenvalue weighted by atomic mass is 9.95. The van der Waals surface area contributed by atoms with Crippen LogP contribution in [0.1, 0.15) is 51.9 Å². The van der Waals surface area contributed by atoms with Crippen molar-refractivity contribution < 1.29 is 9.53 Å². The summed E-state index contributed by atoms with van der Waals surface area (Å²) in [5, 5.41) is 0. The van der Waals surface area contributed by atoms with E-state index >= 15 is 0 Å². The summed E-state index contributed by atoms with van der Waals surface area (Å²) in [5.41, 5.74) is 0. The van der Waals surface area contributed by atoms with Crippen LogP contribution in [0.3, 0.4) is 0 Å². The van der Waals surface area contributed by atoms with Crippen LogP contribution in [-0.4, -0.2) is 13.1 Å². The normalized spacial score (nSPS) is 12.1. The molecule has 0 aliphatic carbocycles. The number of unbranched alkanes of at least 4 members (excludes halogenated alkanes) is 3. The SMILES string of the molecule is C=CCCCCCC(CC)CCOC=O. The molecule has 0 fully saturated rings. The van der Waals surface area contributed by atoms with E-state index in [1.807, 2.05) is 6.08 Å². The number of hydrogen-bond acceptors (Lipinski definition) is 2. The van der Waals surface area contributed by atoms with Crippen molar-refractivity contribution >= 4 is 6.47 Å². The van der Waals surface area contributed by atoms with Crippen LogP contribution in [0.4, 0.5) is 0 Å². The molecule has 1 atom stereocenters. The first-order chi connectivity index (χ1) is 7.35. The molecule has 88 valence electrons. The van der Waals surface area contributed by atoms with Crippen molar-refractivity contribution in [1.29, 1.82) is 0 Å². The molecule has 0 aromatic rings. The number of allylic oxidation sites excluding steroid dienone is 1. The third-order valence-electron chi connectivity index (χ3n) is 2.81. The van der Waals surface area contributed by atoms with Gasteiger partial charge in [-0.15, -0.1) is 6.58 Å². The van der Waals surface area contributed by atoms with Crippen molar-refractivity contribution in [1.82, 2.24) is 0 Å². The van der Waals surface area contributed by atoms with Crippen molar-refractivity contribution in [3.8, 4) is 0 Å². The summed E-state index contributed by atoms with van der Waals surface area (Å²) in [5.74, 6) is 0.716. The smallest absolute Gasteiger partial charge is 0.293 e. The van der Waals surface area contributed by atoms with E-state index in [-0.39, 0.29) is 0 Å². The fourth-order valence-electron chi connectivity index (χ4n) is 1.73. The Hall–Kier alpha value is -0.790. The van der Waals surface area contributed by atoms with Gasteiger partial charge in [0.05, 0.1) is 6.61 Å². The lowest BCUT2D eigenvalue weighted by molar-refractivity contribution is -0.129. The zero-order valence-electron chi connectivity index (χ0n) is 9.91. The third-order valence-corrected chi connectivity index (χ3v) is 2.81. The molecule has 2 nitrogen and oxygen atoms in total. The predicted molar refractivity (Wildman–Crippen MR) is 63.7 cm³/mol. The van der Waals surface area contributed by atoms with Crippen molar-refractivity contribution in [2.45, 2.75) is 51.9 Å². The van der Waals surface area contributed by atoms with Gasteiger partial charge in [0.15, 0.2) is 0 Å². The van der Waals surface area contributed by atoms with Gasteiger partial charge in [-0.2, -0.15) is 0 Å². The minimum absolute atomic E-state index is 0.538. The molecular weight excluding hydrogens is 188 g/mol. The van der Waals surface area contributed by atoms with E-state index in [2.05, 4.69) is 13.5 Å². The molecule has 0 amide bonds. The molecule has 0 radical (unpaired) electrons. The number of carbonyl (C=O) groups is 1. The fourth-order valence-corrected chi connectivity index (χ4v) is 1.73. The molecule has 0 saturated heterocycles. The lowest BCUT2D eigenvalue weighted by Crippen LogP contribution is -2.04. The molecule has 0 bridgehead atoms. The zero-order valence-corrected chi connectivity index (χ0v) is 9.91. The second-order valence-corrected chi connectivity index (χ2v) is 3.96. The van der Waals surface area contributed by atoms with E-state index in [9.17, 15) is 4.79 Å². The molecule has 0 heterocycles. The molecule has 0 spiro atoms. The van der Waals surface area contributed by atoms with Gasteiger partial charge in [-0.05, 0) is 25.2 Å². The maximum absolute atomic E-state index is 9.98. The van der Waals surface area contributed by atoms with Gasteiger partial charge in [0, 0.05) is 0 Å². The van der Waals surface area contributed by atoms with Gasteiger partial charge in [0.2, 0.25) is 0 Å². The first-order valence-electron chi connectivity index (χ1n) is 6.01. The first kappa shape index (κ1) is 14.2. The Balaban J connectivity index is 3.35. The minimum atomic E-state index is 0.538. The Kier molecular flexibility index (Phi) is 10.7. The van der Waals surface area contributed by atoms with Crippen LogP contribution in [0.2, 0.25) is 0 Å². The Bertz CT molecular complexity index is 155.